The zero-order valence-corrected chi connectivity index (χ0v) is 20.9. The van der Waals surface area contributed by atoms with Crippen molar-refractivity contribution < 1.29 is 9.53 Å². The molecule has 6 heteroatoms. The van der Waals surface area contributed by atoms with E-state index in [0.717, 1.165) is 27.3 Å². The SMILES string of the molecule is CC[C@H](C)N(Cc1csc(COc2ccccc2C(C)C)n1)C(=O)c1cccc(Br)c1. The van der Waals surface area contributed by atoms with E-state index in [1.807, 2.05) is 52.7 Å². The van der Waals surface area contributed by atoms with Crippen LogP contribution in [0.15, 0.2) is 58.4 Å². The topological polar surface area (TPSA) is 42.4 Å². The van der Waals surface area contributed by atoms with Crippen molar-refractivity contribution in [2.45, 2.75) is 59.2 Å². The van der Waals surface area contributed by atoms with E-state index < -0.39 is 0 Å². The van der Waals surface area contributed by atoms with Crippen molar-refractivity contribution in [2.24, 2.45) is 0 Å². The largest absolute Gasteiger partial charge is 0.486 e. The molecule has 31 heavy (non-hydrogen) atoms. The van der Waals surface area contributed by atoms with Gasteiger partial charge in [-0.25, -0.2) is 4.98 Å². The lowest BCUT2D eigenvalue weighted by atomic mass is 10.0. The Balaban J connectivity index is 1.71. The molecule has 0 aliphatic rings. The van der Waals surface area contributed by atoms with E-state index >= 15 is 0 Å². The van der Waals surface area contributed by atoms with Crippen LogP contribution >= 0.6 is 27.3 Å². The lowest BCUT2D eigenvalue weighted by Crippen LogP contribution is -2.37. The number of halogens is 1. The van der Waals surface area contributed by atoms with Gasteiger partial charge >= 0.3 is 0 Å². The van der Waals surface area contributed by atoms with Gasteiger partial charge in [0, 0.05) is 21.5 Å². The molecule has 0 aliphatic carbocycles. The standard InChI is InChI=1S/C25H29BrN2O2S/c1-5-18(4)28(25(29)19-9-8-10-20(26)13-19)14-21-16-31-24(27-21)15-30-23-12-7-6-11-22(23)17(2)3/h6-13,16-18H,5,14-15H2,1-4H3/t18-/m0/s1. The third-order valence-corrected chi connectivity index (χ3v) is 6.64. The number of para-hydroxylation sites is 1. The highest BCUT2D eigenvalue weighted by Gasteiger charge is 2.22. The highest BCUT2D eigenvalue weighted by Crippen LogP contribution is 2.27. The fourth-order valence-electron chi connectivity index (χ4n) is 3.33. The van der Waals surface area contributed by atoms with E-state index in [-0.39, 0.29) is 11.9 Å². The average Bonchev–Trinajstić information content (AvgIpc) is 3.22. The van der Waals surface area contributed by atoms with Crippen LogP contribution in [0.3, 0.4) is 0 Å². The molecule has 1 amide bonds. The fraction of sp³-hybridized carbons (Fsp3) is 0.360. The van der Waals surface area contributed by atoms with Crippen LogP contribution in [0.1, 0.15) is 66.7 Å². The first-order valence-corrected chi connectivity index (χ1v) is 12.3. The number of nitrogens with zero attached hydrogens (tertiary/aromatic N) is 2. The molecule has 3 aromatic rings. The Hall–Kier alpha value is -2.18. The number of amides is 1. The fourth-order valence-corrected chi connectivity index (χ4v) is 4.42. The van der Waals surface area contributed by atoms with Crippen LogP contribution < -0.4 is 4.74 Å². The Kier molecular flexibility index (Phi) is 8.27. The molecular formula is C25H29BrN2O2S. The summed E-state index contributed by atoms with van der Waals surface area (Å²) in [7, 11) is 0. The molecule has 1 heterocycles. The van der Waals surface area contributed by atoms with Gasteiger partial charge in [0.2, 0.25) is 0 Å². The second kappa shape index (κ2) is 10.9. The number of aromatic nitrogens is 1. The normalized spacial score (nSPS) is 12.1. The molecule has 0 radical (unpaired) electrons. The number of carbonyl (C=O) groups is 1. The average molecular weight is 501 g/mol. The second-order valence-corrected chi connectivity index (χ2v) is 9.77. The van der Waals surface area contributed by atoms with Gasteiger partial charge in [0.15, 0.2) is 0 Å². The molecule has 0 saturated carbocycles. The van der Waals surface area contributed by atoms with Crippen molar-refractivity contribution in [3.8, 4) is 5.75 Å². The minimum absolute atomic E-state index is 0.0207. The molecule has 4 nitrogen and oxygen atoms in total. The van der Waals surface area contributed by atoms with Gasteiger partial charge < -0.3 is 9.64 Å². The highest BCUT2D eigenvalue weighted by atomic mass is 79.9. The molecule has 0 unspecified atom stereocenters. The van der Waals surface area contributed by atoms with Crippen LogP contribution in [0.2, 0.25) is 0 Å². The summed E-state index contributed by atoms with van der Waals surface area (Å²) in [5.41, 5.74) is 2.77. The highest BCUT2D eigenvalue weighted by molar-refractivity contribution is 9.10. The molecule has 0 fully saturated rings. The molecular weight excluding hydrogens is 472 g/mol. The quantitative estimate of drug-likeness (QED) is 0.316. The number of rotatable bonds is 9. The summed E-state index contributed by atoms with van der Waals surface area (Å²) in [6, 6.07) is 15.8. The van der Waals surface area contributed by atoms with E-state index in [0.29, 0.717) is 24.6 Å². The third-order valence-electron chi connectivity index (χ3n) is 5.28. The number of carbonyl (C=O) groups excluding carboxylic acids is 1. The maximum Gasteiger partial charge on any atom is 0.254 e. The van der Waals surface area contributed by atoms with E-state index in [4.69, 9.17) is 9.72 Å². The van der Waals surface area contributed by atoms with Gasteiger partial charge in [-0.15, -0.1) is 11.3 Å². The molecule has 1 atom stereocenters. The van der Waals surface area contributed by atoms with E-state index in [1.165, 1.54) is 5.56 Å². The lowest BCUT2D eigenvalue weighted by Gasteiger charge is -2.28. The Morgan fingerprint density at radius 2 is 1.94 bits per heavy atom. The predicted octanol–water partition coefficient (Wildman–Crippen LogP) is 7.05. The lowest BCUT2D eigenvalue weighted by molar-refractivity contribution is 0.0669. The van der Waals surface area contributed by atoms with Gasteiger partial charge in [-0.2, -0.15) is 0 Å². The zero-order valence-electron chi connectivity index (χ0n) is 18.5. The van der Waals surface area contributed by atoms with Crippen LogP contribution in [0.5, 0.6) is 5.75 Å². The molecule has 0 N–H and O–H groups in total. The van der Waals surface area contributed by atoms with E-state index in [1.54, 1.807) is 11.3 Å². The van der Waals surface area contributed by atoms with Crippen LogP contribution in [0.4, 0.5) is 0 Å². The maximum absolute atomic E-state index is 13.2. The molecule has 2 aromatic carbocycles. The van der Waals surface area contributed by atoms with Crippen LogP contribution in [-0.4, -0.2) is 21.8 Å². The molecule has 3 rings (SSSR count). The van der Waals surface area contributed by atoms with Crippen molar-refractivity contribution in [1.29, 1.82) is 0 Å². The van der Waals surface area contributed by atoms with Gasteiger partial charge in [0.25, 0.3) is 5.91 Å². The Morgan fingerprint density at radius 3 is 2.65 bits per heavy atom. The van der Waals surface area contributed by atoms with Crippen LogP contribution in [-0.2, 0) is 13.2 Å². The summed E-state index contributed by atoms with van der Waals surface area (Å²) < 4.78 is 6.96. The molecule has 0 saturated heterocycles. The van der Waals surface area contributed by atoms with E-state index in [2.05, 4.69) is 49.7 Å². The number of thiazole rings is 1. The van der Waals surface area contributed by atoms with Gasteiger partial charge in [-0.1, -0.05) is 61.0 Å². The minimum atomic E-state index is 0.0207. The Bertz CT molecular complexity index is 1020. The van der Waals surface area contributed by atoms with Gasteiger partial charge in [0.05, 0.1) is 12.2 Å². The van der Waals surface area contributed by atoms with Gasteiger partial charge in [-0.3, -0.25) is 4.79 Å². The Labute approximate surface area is 197 Å². The zero-order chi connectivity index (χ0) is 22.4. The summed E-state index contributed by atoms with van der Waals surface area (Å²) in [6.07, 6.45) is 0.881. The third kappa shape index (κ3) is 6.17. The van der Waals surface area contributed by atoms with Crippen molar-refractivity contribution >= 4 is 33.2 Å². The number of benzene rings is 2. The van der Waals surface area contributed by atoms with E-state index in [9.17, 15) is 4.79 Å². The Morgan fingerprint density at radius 1 is 1.16 bits per heavy atom. The van der Waals surface area contributed by atoms with Crippen LogP contribution in [0, 0.1) is 0 Å². The van der Waals surface area contributed by atoms with Crippen molar-refractivity contribution in [1.82, 2.24) is 9.88 Å². The van der Waals surface area contributed by atoms with Gasteiger partial charge in [0.1, 0.15) is 17.4 Å². The summed E-state index contributed by atoms with van der Waals surface area (Å²) in [5, 5.41) is 2.93. The number of hydrogen-bond donors (Lipinski definition) is 0. The predicted molar refractivity (Wildman–Crippen MR) is 131 cm³/mol. The summed E-state index contributed by atoms with van der Waals surface area (Å²) >= 11 is 5.03. The van der Waals surface area contributed by atoms with Crippen molar-refractivity contribution in [3.63, 3.8) is 0 Å². The maximum atomic E-state index is 13.2. The summed E-state index contributed by atoms with van der Waals surface area (Å²) in [6.45, 7) is 9.41. The van der Waals surface area contributed by atoms with Crippen LogP contribution in [0.25, 0.3) is 0 Å². The number of hydrogen-bond acceptors (Lipinski definition) is 4. The summed E-state index contributed by atoms with van der Waals surface area (Å²) in [5.74, 6) is 1.32. The van der Waals surface area contributed by atoms with Crippen molar-refractivity contribution in [2.75, 3.05) is 0 Å². The molecule has 0 bridgehead atoms. The first kappa shape index (κ1) is 23.5. The molecule has 1 aromatic heterocycles. The molecule has 0 spiro atoms. The summed E-state index contributed by atoms with van der Waals surface area (Å²) in [4.78, 5) is 19.8. The molecule has 164 valence electrons. The second-order valence-electron chi connectivity index (χ2n) is 7.91. The smallest absolute Gasteiger partial charge is 0.254 e. The monoisotopic (exact) mass is 500 g/mol. The molecule has 0 aliphatic heterocycles. The van der Waals surface area contributed by atoms with Crippen molar-refractivity contribution in [3.05, 3.63) is 80.2 Å². The van der Waals surface area contributed by atoms with Gasteiger partial charge in [-0.05, 0) is 49.1 Å². The number of ether oxygens (including phenoxy) is 1. The minimum Gasteiger partial charge on any atom is -0.486 e. The first-order chi connectivity index (χ1) is 14.9. The first-order valence-electron chi connectivity index (χ1n) is 10.6.